The van der Waals surface area contributed by atoms with Crippen LogP contribution in [0.1, 0.15) is 57.8 Å². The molecule has 1 aromatic heterocycles. The Kier molecular flexibility index (Phi) is 6.61. The third-order valence-corrected chi connectivity index (χ3v) is 6.50. The molecular formula is C27H27N3O5. The van der Waals surface area contributed by atoms with E-state index in [-0.39, 0.29) is 18.3 Å². The fourth-order valence-corrected chi connectivity index (χ4v) is 4.58. The summed E-state index contributed by atoms with van der Waals surface area (Å²) in [4.78, 5) is 35.3. The molecule has 8 heteroatoms. The van der Waals surface area contributed by atoms with Gasteiger partial charge in [0.1, 0.15) is 5.75 Å². The molecular weight excluding hydrogens is 446 g/mol. The maximum absolute atomic E-state index is 13.2. The van der Waals surface area contributed by atoms with Gasteiger partial charge >= 0.3 is 12.0 Å². The molecule has 0 spiro atoms. The number of rotatable bonds is 2. The SMILES string of the molecule is O=C(O)CC1c2cnc(nc2)OCCCCOc2ccc(cc2)C(=O)N2CCc3ccc1cc3C2. The van der Waals surface area contributed by atoms with Gasteiger partial charge in [-0.05, 0) is 65.8 Å². The standard InChI is InChI=1S/C27H27N3O5/c31-25(32)14-24-20-4-3-18-9-10-30(17-21(18)13-20)26(33)19-5-7-23(8-6-19)34-11-1-2-12-35-27-28-15-22(24)16-29-27/h3-8,13,15-16,24H,1-2,9-12,14,17H2,(H,31,32). The smallest absolute Gasteiger partial charge is 0.316 e. The number of ether oxygens (including phenoxy) is 2. The topological polar surface area (TPSA) is 102 Å². The van der Waals surface area contributed by atoms with Crippen LogP contribution in [0, 0.1) is 0 Å². The average molecular weight is 474 g/mol. The van der Waals surface area contributed by atoms with Gasteiger partial charge in [-0.1, -0.05) is 18.2 Å². The van der Waals surface area contributed by atoms with Crippen LogP contribution in [0.4, 0.5) is 0 Å². The van der Waals surface area contributed by atoms with E-state index in [9.17, 15) is 14.7 Å². The maximum atomic E-state index is 13.2. The molecule has 0 aliphatic carbocycles. The molecule has 0 saturated heterocycles. The van der Waals surface area contributed by atoms with Gasteiger partial charge in [-0.25, -0.2) is 9.97 Å². The second-order valence-electron chi connectivity index (χ2n) is 8.88. The fraction of sp³-hybridized carbons (Fsp3) is 0.333. The minimum atomic E-state index is -0.902. The van der Waals surface area contributed by atoms with Crippen LogP contribution >= 0.6 is 0 Å². The van der Waals surface area contributed by atoms with Crippen molar-refractivity contribution in [2.24, 2.45) is 0 Å². The molecule has 1 N–H and O–H groups in total. The first kappa shape index (κ1) is 22.8. The molecule has 8 rings (SSSR count). The largest absolute Gasteiger partial charge is 0.494 e. The van der Waals surface area contributed by atoms with Gasteiger partial charge in [0.05, 0.1) is 19.6 Å². The van der Waals surface area contributed by atoms with Crippen LogP contribution in [0.15, 0.2) is 54.9 Å². The summed E-state index contributed by atoms with van der Waals surface area (Å²) in [5.74, 6) is -0.607. The first-order valence-corrected chi connectivity index (χ1v) is 11.9. The average Bonchev–Trinajstić information content (AvgIpc) is 2.88. The Labute approximate surface area is 203 Å². The Bertz CT molecular complexity index is 1210. The third-order valence-electron chi connectivity index (χ3n) is 6.50. The maximum Gasteiger partial charge on any atom is 0.316 e. The molecule has 1 amide bonds. The number of hydrogen-bond donors (Lipinski definition) is 1. The molecule has 180 valence electrons. The van der Waals surface area contributed by atoms with Crippen molar-refractivity contribution in [3.63, 3.8) is 0 Å². The molecule has 2 aromatic carbocycles. The van der Waals surface area contributed by atoms with Crippen molar-refractivity contribution in [1.29, 1.82) is 0 Å². The Morgan fingerprint density at radius 1 is 0.971 bits per heavy atom. The molecule has 0 fully saturated rings. The van der Waals surface area contributed by atoms with E-state index in [2.05, 4.69) is 9.97 Å². The minimum absolute atomic E-state index is 0.0262. The molecule has 6 heterocycles. The zero-order valence-corrected chi connectivity index (χ0v) is 19.4. The van der Waals surface area contributed by atoms with Gasteiger partial charge < -0.3 is 19.5 Å². The van der Waals surface area contributed by atoms with Crippen LogP contribution in [0.3, 0.4) is 0 Å². The van der Waals surface area contributed by atoms with Gasteiger partial charge in [0.15, 0.2) is 0 Å². The monoisotopic (exact) mass is 473 g/mol. The normalized spacial score (nSPS) is 18.0. The fourth-order valence-electron chi connectivity index (χ4n) is 4.58. The number of carboxylic acids is 1. The van der Waals surface area contributed by atoms with Crippen LogP contribution in [0.25, 0.3) is 0 Å². The van der Waals surface area contributed by atoms with Crippen molar-refractivity contribution < 1.29 is 24.2 Å². The number of amides is 1. The number of aromatic nitrogens is 2. The zero-order chi connectivity index (χ0) is 24.2. The lowest BCUT2D eigenvalue weighted by Crippen LogP contribution is -2.36. The number of nitrogens with zero attached hydrogens (tertiary/aromatic N) is 3. The summed E-state index contributed by atoms with van der Waals surface area (Å²) in [6.07, 6.45) is 5.51. The quantitative estimate of drug-likeness (QED) is 0.603. The van der Waals surface area contributed by atoms with E-state index in [0.29, 0.717) is 37.4 Å². The summed E-state index contributed by atoms with van der Waals surface area (Å²) in [7, 11) is 0. The van der Waals surface area contributed by atoms with Gasteiger partial charge in [-0.2, -0.15) is 0 Å². The van der Waals surface area contributed by atoms with E-state index >= 15 is 0 Å². The molecule has 1 atom stereocenters. The predicted molar refractivity (Wildman–Crippen MR) is 128 cm³/mol. The van der Waals surface area contributed by atoms with Gasteiger partial charge in [0, 0.05) is 37.0 Å². The summed E-state index contributed by atoms with van der Waals surface area (Å²) in [5, 5.41) is 9.58. The number of carbonyl (C=O) groups excluding carboxylic acids is 1. The van der Waals surface area contributed by atoms with E-state index in [1.807, 2.05) is 35.2 Å². The third kappa shape index (κ3) is 5.26. The Morgan fingerprint density at radius 2 is 1.71 bits per heavy atom. The highest BCUT2D eigenvalue weighted by atomic mass is 16.5. The molecule has 35 heavy (non-hydrogen) atoms. The van der Waals surface area contributed by atoms with Crippen molar-refractivity contribution in [3.05, 3.63) is 82.7 Å². The summed E-state index contributed by atoms with van der Waals surface area (Å²) in [5.41, 5.74) is 4.41. The molecule has 1 unspecified atom stereocenters. The second-order valence-corrected chi connectivity index (χ2v) is 8.88. The summed E-state index contributed by atoms with van der Waals surface area (Å²) in [6.45, 7) is 2.10. The molecule has 0 saturated carbocycles. The van der Waals surface area contributed by atoms with Crippen molar-refractivity contribution in [2.75, 3.05) is 19.8 Å². The lowest BCUT2D eigenvalue weighted by Gasteiger charge is -2.30. The Hall–Kier alpha value is -3.94. The summed E-state index contributed by atoms with van der Waals surface area (Å²) < 4.78 is 11.4. The molecule has 0 radical (unpaired) electrons. The first-order valence-electron chi connectivity index (χ1n) is 11.9. The van der Waals surface area contributed by atoms with Gasteiger partial charge in [0.2, 0.25) is 0 Å². The van der Waals surface area contributed by atoms with E-state index < -0.39 is 11.9 Å². The van der Waals surface area contributed by atoms with Gasteiger partial charge in [0.25, 0.3) is 5.91 Å². The van der Waals surface area contributed by atoms with E-state index in [1.54, 1.807) is 24.5 Å². The number of hydrogen-bond acceptors (Lipinski definition) is 6. The predicted octanol–water partition coefficient (Wildman–Crippen LogP) is 3.83. The van der Waals surface area contributed by atoms with E-state index in [4.69, 9.17) is 9.47 Å². The first-order chi connectivity index (χ1) is 17.1. The van der Waals surface area contributed by atoms with Crippen molar-refractivity contribution in [3.8, 4) is 11.8 Å². The lowest BCUT2D eigenvalue weighted by atomic mass is 9.87. The van der Waals surface area contributed by atoms with Gasteiger partial charge in [-0.3, -0.25) is 9.59 Å². The van der Waals surface area contributed by atoms with Crippen LogP contribution in [0.5, 0.6) is 11.8 Å². The highest BCUT2D eigenvalue weighted by Crippen LogP contribution is 2.31. The highest BCUT2D eigenvalue weighted by molar-refractivity contribution is 5.94. The van der Waals surface area contributed by atoms with E-state index in [1.165, 1.54) is 5.56 Å². The van der Waals surface area contributed by atoms with Crippen LogP contribution < -0.4 is 9.47 Å². The number of carbonyl (C=O) groups is 2. The number of carboxylic acid groups (broad SMARTS) is 1. The molecule has 8 nitrogen and oxygen atoms in total. The van der Waals surface area contributed by atoms with Crippen molar-refractivity contribution >= 4 is 11.9 Å². The zero-order valence-electron chi connectivity index (χ0n) is 19.4. The molecule has 5 aliphatic rings. The number of aliphatic carboxylic acids is 1. The Morgan fingerprint density at radius 3 is 2.46 bits per heavy atom. The van der Waals surface area contributed by atoms with Crippen LogP contribution in [-0.2, 0) is 17.8 Å². The summed E-state index contributed by atoms with van der Waals surface area (Å²) in [6, 6.07) is 13.6. The lowest BCUT2D eigenvalue weighted by molar-refractivity contribution is -0.137. The Balaban J connectivity index is 1.49. The molecule has 5 aliphatic heterocycles. The van der Waals surface area contributed by atoms with Crippen LogP contribution in [0.2, 0.25) is 0 Å². The summed E-state index contributed by atoms with van der Waals surface area (Å²) >= 11 is 0. The number of benzene rings is 2. The van der Waals surface area contributed by atoms with Crippen LogP contribution in [-0.4, -0.2) is 51.6 Å². The van der Waals surface area contributed by atoms with Crippen molar-refractivity contribution in [1.82, 2.24) is 14.9 Å². The van der Waals surface area contributed by atoms with Crippen molar-refractivity contribution in [2.45, 2.75) is 38.1 Å². The second kappa shape index (κ2) is 10.1. The molecule has 3 aromatic rings. The highest BCUT2D eigenvalue weighted by Gasteiger charge is 2.25. The van der Waals surface area contributed by atoms with Gasteiger partial charge in [-0.15, -0.1) is 0 Å². The molecule has 7 bridgehead atoms. The minimum Gasteiger partial charge on any atom is -0.494 e. The van der Waals surface area contributed by atoms with E-state index in [0.717, 1.165) is 36.1 Å².